The highest BCUT2D eigenvalue weighted by Gasteiger charge is 2.23. The number of aromatic nitrogens is 2. The molecule has 0 unspecified atom stereocenters. The second kappa shape index (κ2) is 7.36. The Morgan fingerprint density at radius 3 is 2.88 bits per heavy atom. The molecule has 2 heterocycles. The number of hydrogen-bond acceptors (Lipinski definition) is 6. The number of nitrogens with zero attached hydrogens (tertiary/aromatic N) is 2. The monoisotopic (exact) mass is 392 g/mol. The third-order valence-corrected chi connectivity index (χ3v) is 6.70. The fourth-order valence-corrected chi connectivity index (χ4v) is 5.37. The average Bonchev–Trinajstić information content (AvgIpc) is 3.26. The van der Waals surface area contributed by atoms with E-state index in [4.69, 9.17) is 4.42 Å². The molecule has 0 aliphatic heterocycles. The summed E-state index contributed by atoms with van der Waals surface area (Å²) in [5.74, 6) is -0.203. The number of carboxylic acid groups (broad SMARTS) is 1. The number of hydrogen-bond donors (Lipinski definition) is 1. The molecule has 3 aromatic rings. The smallest absolute Gasteiger partial charge is 0.346 e. The summed E-state index contributed by atoms with van der Waals surface area (Å²) < 4.78 is 20.6. The lowest BCUT2D eigenvalue weighted by molar-refractivity contribution is 0.0701. The molecular weight excluding hydrogens is 375 g/mol. The Bertz CT molecular complexity index is 947. The van der Waals surface area contributed by atoms with Gasteiger partial charge in [-0.25, -0.2) is 9.18 Å². The molecule has 1 saturated carbocycles. The topological polar surface area (TPSA) is 76.2 Å². The van der Waals surface area contributed by atoms with Crippen molar-refractivity contribution in [3.63, 3.8) is 0 Å². The zero-order valence-corrected chi connectivity index (χ0v) is 15.5. The summed E-state index contributed by atoms with van der Waals surface area (Å²) in [6.45, 7) is 0. The van der Waals surface area contributed by atoms with Crippen LogP contribution in [-0.2, 0) is 5.75 Å². The van der Waals surface area contributed by atoms with E-state index in [2.05, 4.69) is 10.2 Å². The highest BCUT2D eigenvalue weighted by atomic mass is 32.2. The van der Waals surface area contributed by atoms with Crippen molar-refractivity contribution >= 4 is 39.2 Å². The number of thiophene rings is 1. The minimum Gasteiger partial charge on any atom is -0.477 e. The van der Waals surface area contributed by atoms with Crippen molar-refractivity contribution < 1.29 is 18.7 Å². The number of thioether (sulfide) groups is 1. The molecule has 0 amide bonds. The lowest BCUT2D eigenvalue weighted by Gasteiger charge is -2.17. The minimum absolute atomic E-state index is 0.157. The van der Waals surface area contributed by atoms with Crippen LogP contribution in [0.1, 0.15) is 59.1 Å². The Balaban J connectivity index is 1.57. The molecule has 0 spiro atoms. The van der Waals surface area contributed by atoms with Crippen molar-refractivity contribution in [2.24, 2.45) is 0 Å². The predicted molar refractivity (Wildman–Crippen MR) is 98.4 cm³/mol. The third-order valence-electron chi connectivity index (χ3n) is 4.67. The number of carboxylic acids is 1. The fourth-order valence-electron chi connectivity index (χ4n) is 3.40. The zero-order valence-electron chi connectivity index (χ0n) is 13.9. The molecule has 1 aliphatic rings. The van der Waals surface area contributed by atoms with Gasteiger partial charge in [0, 0.05) is 21.8 Å². The first-order valence-electron chi connectivity index (χ1n) is 8.53. The average molecular weight is 392 g/mol. The van der Waals surface area contributed by atoms with Gasteiger partial charge in [-0.3, -0.25) is 0 Å². The van der Waals surface area contributed by atoms with Crippen LogP contribution in [0.4, 0.5) is 4.39 Å². The molecule has 1 aliphatic carbocycles. The molecule has 1 aromatic carbocycles. The number of halogens is 1. The fraction of sp³-hybridized carbons (Fsp3) is 0.389. The van der Waals surface area contributed by atoms with Crippen LogP contribution in [0.2, 0.25) is 0 Å². The van der Waals surface area contributed by atoms with Crippen LogP contribution in [0, 0.1) is 5.82 Å². The number of carbonyl (C=O) groups is 1. The second-order valence-electron chi connectivity index (χ2n) is 6.36. The molecule has 0 radical (unpaired) electrons. The van der Waals surface area contributed by atoms with E-state index in [-0.39, 0.29) is 10.6 Å². The number of aromatic carboxylic acids is 1. The second-order valence-corrected chi connectivity index (χ2v) is 8.34. The Morgan fingerprint density at radius 1 is 1.31 bits per heavy atom. The number of fused-ring (bicyclic) bond motifs is 1. The molecule has 5 nitrogen and oxygen atoms in total. The first kappa shape index (κ1) is 17.5. The van der Waals surface area contributed by atoms with Gasteiger partial charge in [0.15, 0.2) is 0 Å². The summed E-state index contributed by atoms with van der Waals surface area (Å²) in [6, 6.07) is 4.67. The van der Waals surface area contributed by atoms with Crippen molar-refractivity contribution in [1.82, 2.24) is 10.2 Å². The summed E-state index contributed by atoms with van der Waals surface area (Å²) in [5.41, 5.74) is 0.470. The van der Waals surface area contributed by atoms with Gasteiger partial charge in [-0.05, 0) is 30.5 Å². The van der Waals surface area contributed by atoms with Crippen LogP contribution in [0.5, 0.6) is 0 Å². The quantitative estimate of drug-likeness (QED) is 0.581. The van der Waals surface area contributed by atoms with E-state index in [1.165, 1.54) is 37.1 Å². The lowest BCUT2D eigenvalue weighted by Crippen LogP contribution is -2.04. The Labute approximate surface area is 157 Å². The summed E-state index contributed by atoms with van der Waals surface area (Å²) in [6.07, 6.45) is 5.74. The highest BCUT2D eigenvalue weighted by molar-refractivity contribution is 7.98. The maximum atomic E-state index is 14.2. The van der Waals surface area contributed by atoms with Crippen molar-refractivity contribution in [1.29, 1.82) is 0 Å². The van der Waals surface area contributed by atoms with Gasteiger partial charge in [0.05, 0.1) is 0 Å². The van der Waals surface area contributed by atoms with Crippen molar-refractivity contribution in [2.75, 3.05) is 0 Å². The standard InChI is InChI=1S/C18H17FN2O3S2/c19-12-7-4-8-13-14(12)11(15(26-13)17(22)23)9-25-18-21-20-16(24-18)10-5-2-1-3-6-10/h4,7-8,10H,1-3,5-6,9H2,(H,22,23). The largest absolute Gasteiger partial charge is 0.477 e. The molecule has 2 aromatic heterocycles. The van der Waals surface area contributed by atoms with E-state index in [0.29, 0.717) is 32.7 Å². The molecule has 0 saturated heterocycles. The Hall–Kier alpha value is -1.93. The molecular formula is C18H17FN2O3S2. The van der Waals surface area contributed by atoms with Gasteiger partial charge in [-0.1, -0.05) is 37.1 Å². The molecule has 0 bridgehead atoms. The van der Waals surface area contributed by atoms with Crippen LogP contribution in [-0.4, -0.2) is 21.3 Å². The Kier molecular flexibility index (Phi) is 4.95. The minimum atomic E-state index is -1.05. The van der Waals surface area contributed by atoms with Gasteiger partial charge in [0.25, 0.3) is 5.22 Å². The van der Waals surface area contributed by atoms with E-state index in [9.17, 15) is 14.3 Å². The molecule has 136 valence electrons. The van der Waals surface area contributed by atoms with Crippen LogP contribution in [0.15, 0.2) is 27.8 Å². The Morgan fingerprint density at radius 2 is 2.12 bits per heavy atom. The van der Waals surface area contributed by atoms with Crippen LogP contribution >= 0.6 is 23.1 Å². The van der Waals surface area contributed by atoms with Gasteiger partial charge >= 0.3 is 5.97 Å². The van der Waals surface area contributed by atoms with E-state index in [1.54, 1.807) is 12.1 Å². The molecule has 1 fully saturated rings. The summed E-state index contributed by atoms with van der Waals surface area (Å²) in [5, 5.41) is 18.5. The van der Waals surface area contributed by atoms with Crippen LogP contribution in [0.3, 0.4) is 0 Å². The summed E-state index contributed by atoms with van der Waals surface area (Å²) in [7, 11) is 0. The lowest BCUT2D eigenvalue weighted by atomic mass is 9.89. The first-order valence-corrected chi connectivity index (χ1v) is 10.3. The predicted octanol–water partition coefficient (Wildman–Crippen LogP) is 5.46. The maximum absolute atomic E-state index is 14.2. The highest BCUT2D eigenvalue weighted by Crippen LogP contribution is 2.38. The molecule has 0 atom stereocenters. The zero-order chi connectivity index (χ0) is 18.1. The van der Waals surface area contributed by atoms with E-state index in [1.807, 2.05) is 0 Å². The van der Waals surface area contributed by atoms with Gasteiger partial charge in [-0.2, -0.15) is 0 Å². The van der Waals surface area contributed by atoms with E-state index in [0.717, 1.165) is 24.2 Å². The van der Waals surface area contributed by atoms with Crippen LogP contribution in [0.25, 0.3) is 10.1 Å². The van der Waals surface area contributed by atoms with Crippen molar-refractivity contribution in [2.45, 2.75) is 49.0 Å². The number of rotatable bonds is 5. The third kappa shape index (κ3) is 3.35. The summed E-state index contributed by atoms with van der Waals surface area (Å²) in [4.78, 5) is 11.7. The number of benzene rings is 1. The maximum Gasteiger partial charge on any atom is 0.346 e. The van der Waals surface area contributed by atoms with Crippen LogP contribution < -0.4 is 0 Å². The van der Waals surface area contributed by atoms with Gasteiger partial charge in [0.1, 0.15) is 10.7 Å². The molecule has 26 heavy (non-hydrogen) atoms. The SMILES string of the molecule is O=C(O)c1sc2cccc(F)c2c1CSc1nnc(C2CCCCC2)o1. The van der Waals surface area contributed by atoms with E-state index >= 15 is 0 Å². The van der Waals surface area contributed by atoms with Crippen molar-refractivity contribution in [3.05, 3.63) is 40.3 Å². The molecule has 8 heteroatoms. The van der Waals surface area contributed by atoms with Gasteiger partial charge in [-0.15, -0.1) is 21.5 Å². The van der Waals surface area contributed by atoms with Gasteiger partial charge in [0.2, 0.25) is 5.89 Å². The summed E-state index contributed by atoms with van der Waals surface area (Å²) >= 11 is 2.34. The normalized spacial score (nSPS) is 15.6. The molecule has 1 N–H and O–H groups in total. The van der Waals surface area contributed by atoms with Gasteiger partial charge < -0.3 is 9.52 Å². The van der Waals surface area contributed by atoms with E-state index < -0.39 is 11.8 Å². The molecule has 4 rings (SSSR count). The first-order chi connectivity index (χ1) is 12.6. The van der Waals surface area contributed by atoms with Crippen molar-refractivity contribution in [3.8, 4) is 0 Å².